The van der Waals surface area contributed by atoms with Crippen molar-refractivity contribution in [1.82, 2.24) is 19.5 Å². The molecule has 3 rings (SSSR count). The summed E-state index contributed by atoms with van der Waals surface area (Å²) < 4.78 is 7.07. The van der Waals surface area contributed by atoms with E-state index in [1.165, 1.54) is 17.2 Å². The van der Waals surface area contributed by atoms with Crippen molar-refractivity contribution in [1.29, 1.82) is 0 Å². The van der Waals surface area contributed by atoms with Crippen LogP contribution in [0.15, 0.2) is 12.7 Å². The number of aliphatic hydroxyl groups is 4. The first-order valence-electron chi connectivity index (χ1n) is 8.82. The summed E-state index contributed by atoms with van der Waals surface area (Å²) in [6, 6.07) is 0. The molecule has 0 radical (unpaired) electrons. The first-order valence-corrected chi connectivity index (χ1v) is 8.82. The maximum absolute atomic E-state index is 10.2. The summed E-state index contributed by atoms with van der Waals surface area (Å²) in [5, 5.41) is 41.4. The summed E-state index contributed by atoms with van der Waals surface area (Å²) in [5.41, 5.74) is 1.01. The highest BCUT2D eigenvalue weighted by atomic mass is 16.6. The summed E-state index contributed by atoms with van der Waals surface area (Å²) in [5.74, 6) is 0.586. The number of hydrogen-bond acceptors (Lipinski definition) is 9. The molecular formula is C16H25N5O5. The lowest BCUT2D eigenvalue weighted by molar-refractivity contribution is -0.0511. The fraction of sp³-hybridized carbons (Fsp3) is 0.688. The minimum absolute atomic E-state index is 0.221. The van der Waals surface area contributed by atoms with Gasteiger partial charge >= 0.3 is 0 Å². The van der Waals surface area contributed by atoms with Crippen molar-refractivity contribution < 1.29 is 25.2 Å². The molecule has 144 valence electrons. The van der Waals surface area contributed by atoms with Crippen molar-refractivity contribution in [3.05, 3.63) is 12.7 Å². The maximum atomic E-state index is 10.2. The van der Waals surface area contributed by atoms with Crippen molar-refractivity contribution in [2.75, 3.05) is 25.1 Å². The number of anilines is 1. The van der Waals surface area contributed by atoms with Crippen LogP contribution in [0.3, 0.4) is 0 Å². The number of fused-ring (bicyclic) bond motifs is 1. The van der Waals surface area contributed by atoms with Crippen LogP contribution in [0, 0.1) is 0 Å². The van der Waals surface area contributed by atoms with E-state index in [0.717, 1.165) is 32.2 Å². The zero-order chi connectivity index (χ0) is 18.5. The Balaban J connectivity index is 1.71. The van der Waals surface area contributed by atoms with E-state index < -0.39 is 24.5 Å². The molecule has 1 aliphatic heterocycles. The predicted molar refractivity (Wildman–Crippen MR) is 92.4 cm³/mol. The van der Waals surface area contributed by atoms with Gasteiger partial charge in [0.2, 0.25) is 0 Å². The molecular weight excluding hydrogens is 342 g/mol. The number of aliphatic hydroxyl groups excluding tert-OH is 4. The lowest BCUT2D eigenvalue weighted by Crippen LogP contribution is -2.33. The molecule has 4 atom stereocenters. The Hall–Kier alpha value is -1.85. The van der Waals surface area contributed by atoms with Crippen LogP contribution in [0.25, 0.3) is 11.2 Å². The molecule has 0 aromatic carbocycles. The number of imidazole rings is 1. The SMILES string of the molecule is OCCCCCCNc1ncnc2c1ncn2[C@@H]1O[C@@H](CO)[C@@H](O)[C@@H]1O. The minimum Gasteiger partial charge on any atom is -0.396 e. The van der Waals surface area contributed by atoms with Gasteiger partial charge in [-0.15, -0.1) is 0 Å². The van der Waals surface area contributed by atoms with E-state index in [0.29, 0.717) is 17.0 Å². The van der Waals surface area contributed by atoms with Gasteiger partial charge in [-0.25, -0.2) is 15.0 Å². The van der Waals surface area contributed by atoms with Gasteiger partial charge in [0, 0.05) is 13.2 Å². The van der Waals surface area contributed by atoms with Crippen LogP contribution in [-0.2, 0) is 4.74 Å². The molecule has 0 amide bonds. The smallest absolute Gasteiger partial charge is 0.167 e. The van der Waals surface area contributed by atoms with Gasteiger partial charge < -0.3 is 30.5 Å². The van der Waals surface area contributed by atoms with E-state index in [9.17, 15) is 15.3 Å². The molecule has 0 saturated carbocycles. The molecule has 0 bridgehead atoms. The molecule has 5 N–H and O–H groups in total. The highest BCUT2D eigenvalue weighted by Crippen LogP contribution is 2.32. The fourth-order valence-electron chi connectivity index (χ4n) is 3.07. The van der Waals surface area contributed by atoms with Crippen molar-refractivity contribution in [3.63, 3.8) is 0 Å². The average molecular weight is 367 g/mol. The molecule has 1 saturated heterocycles. The van der Waals surface area contributed by atoms with Gasteiger partial charge in [0.25, 0.3) is 0 Å². The third kappa shape index (κ3) is 3.79. The molecule has 26 heavy (non-hydrogen) atoms. The normalized spacial score (nSPS) is 25.8. The summed E-state index contributed by atoms with van der Waals surface area (Å²) in [4.78, 5) is 12.7. The van der Waals surface area contributed by atoms with Crippen LogP contribution in [0.5, 0.6) is 0 Å². The van der Waals surface area contributed by atoms with E-state index >= 15 is 0 Å². The Morgan fingerprint density at radius 2 is 1.85 bits per heavy atom. The van der Waals surface area contributed by atoms with Crippen molar-refractivity contribution in [2.45, 2.75) is 50.2 Å². The topological polar surface area (TPSA) is 146 Å². The Kier molecular flexibility index (Phi) is 6.33. The van der Waals surface area contributed by atoms with E-state index in [2.05, 4.69) is 20.3 Å². The molecule has 2 aromatic heterocycles. The van der Waals surface area contributed by atoms with Gasteiger partial charge in [-0.05, 0) is 12.8 Å². The van der Waals surface area contributed by atoms with Gasteiger partial charge in [0.05, 0.1) is 12.9 Å². The number of ether oxygens (including phenoxy) is 1. The second-order valence-corrected chi connectivity index (χ2v) is 6.34. The first-order chi connectivity index (χ1) is 12.7. The van der Waals surface area contributed by atoms with Crippen LogP contribution in [0.4, 0.5) is 5.82 Å². The van der Waals surface area contributed by atoms with Crippen LogP contribution in [-0.4, -0.2) is 78.0 Å². The van der Waals surface area contributed by atoms with Gasteiger partial charge in [-0.2, -0.15) is 0 Å². The van der Waals surface area contributed by atoms with Crippen LogP contribution in [0.1, 0.15) is 31.9 Å². The molecule has 2 aromatic rings. The largest absolute Gasteiger partial charge is 0.396 e. The predicted octanol–water partition coefficient (Wildman–Crippen LogP) is -0.598. The lowest BCUT2D eigenvalue weighted by Gasteiger charge is -2.16. The molecule has 0 spiro atoms. The lowest BCUT2D eigenvalue weighted by atomic mass is 10.1. The number of nitrogens with one attached hydrogen (secondary N) is 1. The molecule has 0 aliphatic carbocycles. The maximum Gasteiger partial charge on any atom is 0.167 e. The third-order valence-electron chi connectivity index (χ3n) is 4.53. The second-order valence-electron chi connectivity index (χ2n) is 6.34. The summed E-state index contributed by atoms with van der Waals surface area (Å²) in [6.07, 6.45) is 2.52. The van der Waals surface area contributed by atoms with Crippen LogP contribution < -0.4 is 5.32 Å². The quantitative estimate of drug-likeness (QED) is 0.367. The highest BCUT2D eigenvalue weighted by Gasteiger charge is 2.44. The fourth-order valence-corrected chi connectivity index (χ4v) is 3.07. The minimum atomic E-state index is -1.19. The van der Waals surface area contributed by atoms with Crippen molar-refractivity contribution in [2.24, 2.45) is 0 Å². The number of aromatic nitrogens is 4. The number of unbranched alkanes of at least 4 members (excludes halogenated alkanes) is 3. The van der Waals surface area contributed by atoms with Gasteiger partial charge in [-0.3, -0.25) is 4.57 Å². The zero-order valence-electron chi connectivity index (χ0n) is 14.4. The Morgan fingerprint density at radius 1 is 1.04 bits per heavy atom. The molecule has 1 fully saturated rings. The van der Waals surface area contributed by atoms with Gasteiger partial charge in [0.1, 0.15) is 24.6 Å². The Bertz CT molecular complexity index is 711. The number of rotatable bonds is 9. The molecule has 10 nitrogen and oxygen atoms in total. The molecule has 0 unspecified atom stereocenters. The van der Waals surface area contributed by atoms with Gasteiger partial charge in [-0.1, -0.05) is 12.8 Å². The zero-order valence-corrected chi connectivity index (χ0v) is 14.4. The monoisotopic (exact) mass is 367 g/mol. The number of hydrogen-bond donors (Lipinski definition) is 5. The van der Waals surface area contributed by atoms with E-state index in [1.807, 2.05) is 0 Å². The molecule has 1 aliphatic rings. The van der Waals surface area contributed by atoms with Crippen LogP contribution >= 0.6 is 0 Å². The summed E-state index contributed by atoms with van der Waals surface area (Å²) in [6.45, 7) is 0.552. The van der Waals surface area contributed by atoms with Crippen LogP contribution in [0.2, 0.25) is 0 Å². The number of nitrogens with zero attached hydrogens (tertiary/aromatic N) is 4. The Labute approximate surface area is 150 Å². The van der Waals surface area contributed by atoms with Crippen molar-refractivity contribution in [3.8, 4) is 0 Å². The van der Waals surface area contributed by atoms with Crippen molar-refractivity contribution >= 4 is 17.0 Å². The molecule has 10 heteroatoms. The first kappa shape index (κ1) is 18.9. The van der Waals surface area contributed by atoms with E-state index in [4.69, 9.17) is 9.84 Å². The average Bonchev–Trinajstić information content (AvgIpc) is 3.20. The van der Waals surface area contributed by atoms with E-state index in [1.54, 1.807) is 0 Å². The second kappa shape index (κ2) is 8.69. The third-order valence-corrected chi connectivity index (χ3v) is 4.53. The Morgan fingerprint density at radius 3 is 2.58 bits per heavy atom. The van der Waals surface area contributed by atoms with E-state index in [-0.39, 0.29) is 13.2 Å². The standard InChI is InChI=1S/C16H25N5O5/c22-6-4-2-1-3-5-17-14-11-15(19-8-18-14)21(9-20-11)16-13(25)12(24)10(7-23)26-16/h8-10,12-13,16,22-25H,1-7H2,(H,17,18,19)/t10-,12+,13-,16+/m0/s1. The summed E-state index contributed by atoms with van der Waals surface area (Å²) >= 11 is 0. The molecule has 3 heterocycles. The van der Waals surface area contributed by atoms with Gasteiger partial charge in [0.15, 0.2) is 23.2 Å². The highest BCUT2D eigenvalue weighted by molar-refractivity contribution is 5.82. The summed E-state index contributed by atoms with van der Waals surface area (Å²) in [7, 11) is 0.